The number of benzene rings is 14. The van der Waals surface area contributed by atoms with Crippen LogP contribution in [0.3, 0.4) is 0 Å². The van der Waals surface area contributed by atoms with E-state index in [1.54, 1.807) is 0 Å². The first-order valence-corrected chi connectivity index (χ1v) is 34.9. The van der Waals surface area contributed by atoms with E-state index in [9.17, 15) is 0 Å². The summed E-state index contributed by atoms with van der Waals surface area (Å²) in [5.74, 6) is 0. The summed E-state index contributed by atoms with van der Waals surface area (Å²) in [6.07, 6.45) is 3.66. The van der Waals surface area contributed by atoms with Crippen molar-refractivity contribution >= 4 is 121 Å². The Bertz CT molecular complexity index is 6150. The molecule has 7 heteroatoms. The van der Waals surface area contributed by atoms with Crippen molar-refractivity contribution in [2.45, 2.75) is 0 Å². The zero-order valence-electron chi connectivity index (χ0n) is 54.9. The third-order valence-electron chi connectivity index (χ3n) is 19.5. The molecule has 0 spiro atoms. The number of aromatic nitrogens is 4. The fourth-order valence-electron chi connectivity index (χ4n) is 14.7. The van der Waals surface area contributed by atoms with Crippen molar-refractivity contribution in [3.8, 4) is 67.0 Å². The molecule has 0 bridgehead atoms. The molecular weight excluding hydrogens is 1290 g/mol. The lowest BCUT2D eigenvalue weighted by atomic mass is 10.0. The topological polar surface area (TPSA) is 49.9 Å². The molecule has 20 rings (SSSR count). The first-order chi connectivity index (χ1) is 50.0. The molecule has 0 aliphatic rings. The Labute approximate surface area is 593 Å². The maximum Gasteiger partial charge on any atom is 0.0701 e. The number of pyridine rings is 2. The van der Waals surface area contributed by atoms with Crippen LogP contribution in [0.25, 0.3) is 143 Å². The molecular formula is C94H63BrN6. The van der Waals surface area contributed by atoms with Gasteiger partial charge in [0.05, 0.1) is 44.5 Å². The molecule has 6 heterocycles. The van der Waals surface area contributed by atoms with Gasteiger partial charge in [-0.1, -0.05) is 259 Å². The maximum atomic E-state index is 4.57. The molecule has 0 unspecified atom stereocenters. The van der Waals surface area contributed by atoms with Crippen molar-refractivity contribution in [1.29, 1.82) is 0 Å². The Hall–Kier alpha value is -12.9. The van der Waals surface area contributed by atoms with Gasteiger partial charge in [0.1, 0.15) is 0 Å². The second-order valence-electron chi connectivity index (χ2n) is 25.5. The van der Waals surface area contributed by atoms with E-state index in [0.717, 1.165) is 55.4 Å². The second kappa shape index (κ2) is 26.1. The second-order valence-corrected chi connectivity index (χ2v) is 26.4. The van der Waals surface area contributed by atoms with Crippen LogP contribution in [0, 0.1) is 0 Å². The van der Waals surface area contributed by atoms with Crippen LogP contribution in [0.4, 0.5) is 28.4 Å². The van der Waals surface area contributed by atoms with Crippen molar-refractivity contribution in [2.75, 3.05) is 10.2 Å². The Kier molecular flexibility index (Phi) is 15.6. The van der Waals surface area contributed by atoms with E-state index in [4.69, 9.17) is 0 Å². The van der Waals surface area contributed by atoms with Crippen molar-refractivity contribution in [2.24, 2.45) is 0 Å². The molecule has 0 saturated carbocycles. The van der Waals surface area contributed by atoms with E-state index in [-0.39, 0.29) is 0 Å². The van der Waals surface area contributed by atoms with Gasteiger partial charge in [0.2, 0.25) is 0 Å². The highest BCUT2D eigenvalue weighted by atomic mass is 79.9. The van der Waals surface area contributed by atoms with Crippen LogP contribution in [0.5, 0.6) is 0 Å². The number of rotatable bonds is 11. The van der Waals surface area contributed by atoms with Crippen LogP contribution in [0.15, 0.2) is 381 Å². The van der Waals surface area contributed by atoms with Crippen molar-refractivity contribution in [3.05, 3.63) is 381 Å². The van der Waals surface area contributed by atoms with Crippen LogP contribution in [-0.4, -0.2) is 18.8 Å². The predicted molar refractivity (Wildman–Crippen MR) is 429 cm³/mol. The summed E-state index contributed by atoms with van der Waals surface area (Å²) in [7, 11) is 0. The van der Waals surface area contributed by atoms with Crippen LogP contribution in [0.1, 0.15) is 0 Å². The van der Waals surface area contributed by atoms with Gasteiger partial charge in [-0.05, 0) is 166 Å². The zero-order chi connectivity index (χ0) is 67.2. The summed E-state index contributed by atoms with van der Waals surface area (Å²) < 4.78 is 5.98. The maximum absolute atomic E-state index is 4.57. The van der Waals surface area contributed by atoms with Crippen LogP contribution in [-0.2, 0) is 0 Å². The van der Waals surface area contributed by atoms with Gasteiger partial charge >= 0.3 is 0 Å². The van der Waals surface area contributed by atoms with Crippen LogP contribution >= 0.6 is 15.9 Å². The predicted octanol–water partition coefficient (Wildman–Crippen LogP) is 26.1. The summed E-state index contributed by atoms with van der Waals surface area (Å²) in [5, 5.41) is 13.9. The number of hydrogen-bond donors (Lipinski definition) is 1. The smallest absolute Gasteiger partial charge is 0.0701 e. The summed E-state index contributed by atoms with van der Waals surface area (Å²) in [6.45, 7) is 0. The van der Waals surface area contributed by atoms with Gasteiger partial charge < -0.3 is 19.0 Å². The highest BCUT2D eigenvalue weighted by Gasteiger charge is 2.21. The summed E-state index contributed by atoms with van der Waals surface area (Å²) >= 11 is 3.59. The number of halogens is 1. The fraction of sp³-hybridized carbons (Fsp3) is 0. The van der Waals surface area contributed by atoms with Gasteiger partial charge in [0.15, 0.2) is 0 Å². The molecule has 0 atom stereocenters. The molecule has 6 nitrogen and oxygen atoms in total. The highest BCUT2D eigenvalue weighted by molar-refractivity contribution is 9.10. The molecule has 6 aromatic heterocycles. The molecule has 0 aliphatic carbocycles. The van der Waals surface area contributed by atoms with Crippen LogP contribution < -0.4 is 10.2 Å². The molecule has 0 fully saturated rings. The van der Waals surface area contributed by atoms with E-state index in [1.165, 1.54) is 121 Å². The van der Waals surface area contributed by atoms with Crippen molar-refractivity contribution in [1.82, 2.24) is 18.8 Å². The minimum absolute atomic E-state index is 0.964. The molecule has 101 heavy (non-hydrogen) atoms. The van der Waals surface area contributed by atoms with Crippen molar-refractivity contribution < 1.29 is 0 Å². The fourth-order valence-corrected chi connectivity index (χ4v) is 15.1. The van der Waals surface area contributed by atoms with Gasteiger partial charge in [0, 0.05) is 99.5 Å². The molecule has 14 aromatic carbocycles. The molecule has 0 amide bonds. The molecule has 0 radical (unpaired) electrons. The van der Waals surface area contributed by atoms with E-state index in [2.05, 4.69) is 372 Å². The largest absolute Gasteiger partial charge is 0.356 e. The lowest BCUT2D eigenvalue weighted by molar-refractivity contribution is 1.28. The zero-order valence-corrected chi connectivity index (χ0v) is 56.5. The van der Waals surface area contributed by atoms with E-state index in [0.29, 0.717) is 0 Å². The molecule has 476 valence electrons. The van der Waals surface area contributed by atoms with E-state index < -0.39 is 0 Å². The van der Waals surface area contributed by atoms with E-state index in [1.807, 2.05) is 48.8 Å². The number of fused-ring (bicyclic) bond motifs is 12. The average Bonchev–Trinajstić information content (AvgIpc) is 1.56. The third kappa shape index (κ3) is 11.4. The molecule has 1 N–H and O–H groups in total. The molecule has 20 aromatic rings. The summed E-state index contributed by atoms with van der Waals surface area (Å²) in [5.41, 5.74) is 26.9. The van der Waals surface area contributed by atoms with Crippen molar-refractivity contribution in [3.63, 3.8) is 0 Å². The number of hydrogen-bond acceptors (Lipinski definition) is 4. The minimum Gasteiger partial charge on any atom is -0.356 e. The van der Waals surface area contributed by atoms with Gasteiger partial charge in [-0.3, -0.25) is 9.97 Å². The van der Waals surface area contributed by atoms with Gasteiger partial charge in [-0.15, -0.1) is 0 Å². The monoisotopic (exact) mass is 1350 g/mol. The lowest BCUT2D eigenvalue weighted by Gasteiger charge is -2.26. The Balaban J connectivity index is 0.000000120. The van der Waals surface area contributed by atoms with Crippen LogP contribution in [0.2, 0.25) is 0 Å². The van der Waals surface area contributed by atoms with Gasteiger partial charge in [-0.2, -0.15) is 0 Å². The summed E-state index contributed by atoms with van der Waals surface area (Å²) in [6, 6.07) is 129. The van der Waals surface area contributed by atoms with E-state index >= 15 is 0 Å². The quantitative estimate of drug-likeness (QED) is 0.140. The standard InChI is InChI=1S/C47H31N3.C24H14BrN.C23H18N2/c1-2-10-32(11-3-1)33-19-24-37(25-20-33)49(38-26-21-34(22-27-38)44-17-6-7-29-48-44)39-13-8-12-35(30-39)36-23-28-41-43-16-9-15-42-40-14-4-5-18-45(40)50(47(42)43)46(41)31-36;25-17-6-3-5-15(13-17)16-11-12-19-21-9-4-8-20-18-7-1-2-10-22(18)26(24(20)21)23(19)14-16;1-2-6-18(7-3-1)19-9-13-21(14-10-19)25-22-15-11-20(12-16-22)23-8-4-5-17-24-23/h1-31H;1-14H;1-17,25H. The SMILES string of the molecule is Brc1cccc(-c2ccc3c4cccc5c6ccccc6n(c3c2)c54)c1.c1ccc(-c2ccc(N(c3ccc(-c4ccccn4)cc3)c3cccc(-c4ccc5c6cccc7c8ccccc8n(c5c4)c76)c3)cc2)cc1.c1ccc(-c2ccc(Nc3ccc(-c4ccccn4)cc3)cc2)cc1. The highest BCUT2D eigenvalue weighted by Crippen LogP contribution is 2.44. The normalized spacial score (nSPS) is 11.4. The average molecular weight is 1360 g/mol. The first kappa shape index (κ1) is 60.5. The number of nitrogens with one attached hydrogen (secondary N) is 1. The summed E-state index contributed by atoms with van der Waals surface area (Å²) in [4.78, 5) is 11.3. The number of anilines is 5. The Morgan fingerprint density at radius 2 is 0.584 bits per heavy atom. The van der Waals surface area contributed by atoms with Gasteiger partial charge in [0.25, 0.3) is 0 Å². The Morgan fingerprint density at radius 1 is 0.238 bits per heavy atom. The first-order valence-electron chi connectivity index (χ1n) is 34.1. The van der Waals surface area contributed by atoms with Gasteiger partial charge in [-0.25, -0.2) is 0 Å². The lowest BCUT2D eigenvalue weighted by Crippen LogP contribution is -2.10. The number of para-hydroxylation sites is 4. The third-order valence-corrected chi connectivity index (χ3v) is 20.0. The molecule has 0 saturated heterocycles. The Morgan fingerprint density at radius 3 is 1.05 bits per heavy atom. The molecule has 0 aliphatic heterocycles. The minimum atomic E-state index is 0.964. The number of nitrogens with zero attached hydrogens (tertiary/aromatic N) is 5.